The molecular formula is C6HCl3N2. The first kappa shape index (κ1) is 8.61. The van der Waals surface area contributed by atoms with Crippen LogP contribution in [0.2, 0.25) is 15.3 Å². The van der Waals surface area contributed by atoms with Crippen molar-refractivity contribution >= 4 is 34.8 Å². The maximum Gasteiger partial charge on any atom is 0.150 e. The third-order valence-electron chi connectivity index (χ3n) is 1.01. The average molecular weight is 207 g/mol. The zero-order chi connectivity index (χ0) is 8.43. The summed E-state index contributed by atoms with van der Waals surface area (Å²) in [5, 5.41) is 8.92. The molecule has 0 radical (unpaired) electrons. The Morgan fingerprint density at radius 2 is 2.00 bits per heavy atom. The number of rotatable bonds is 0. The van der Waals surface area contributed by atoms with Gasteiger partial charge in [-0.25, -0.2) is 4.98 Å². The van der Waals surface area contributed by atoms with Gasteiger partial charge in [-0.15, -0.1) is 0 Å². The SMILES string of the molecule is N#Cc1c(Cl)cc(Cl)nc1Cl. The van der Waals surface area contributed by atoms with Gasteiger partial charge in [-0.2, -0.15) is 5.26 Å². The lowest BCUT2D eigenvalue weighted by Crippen LogP contribution is -1.84. The molecule has 0 amide bonds. The number of nitriles is 1. The Morgan fingerprint density at radius 1 is 1.36 bits per heavy atom. The van der Waals surface area contributed by atoms with Crippen LogP contribution in [0.4, 0.5) is 0 Å². The highest BCUT2D eigenvalue weighted by Gasteiger charge is 2.07. The van der Waals surface area contributed by atoms with E-state index in [0.717, 1.165) is 0 Å². The molecule has 0 atom stereocenters. The second kappa shape index (κ2) is 3.27. The Kier molecular flexibility index (Phi) is 2.56. The Bertz CT molecular complexity index is 306. The van der Waals surface area contributed by atoms with E-state index in [1.807, 2.05) is 0 Å². The number of halogens is 3. The van der Waals surface area contributed by atoms with Crippen molar-refractivity contribution in [3.05, 3.63) is 27.0 Å². The third kappa shape index (κ3) is 1.75. The van der Waals surface area contributed by atoms with Crippen LogP contribution in [-0.2, 0) is 0 Å². The van der Waals surface area contributed by atoms with E-state index in [4.69, 9.17) is 40.1 Å². The van der Waals surface area contributed by atoms with E-state index in [0.29, 0.717) is 0 Å². The Labute approximate surface area is 78.3 Å². The summed E-state index contributed by atoms with van der Waals surface area (Å²) in [5.41, 5.74) is 0.151. The number of aromatic nitrogens is 1. The van der Waals surface area contributed by atoms with Crippen molar-refractivity contribution in [3.8, 4) is 6.07 Å². The van der Waals surface area contributed by atoms with Crippen molar-refractivity contribution in [2.45, 2.75) is 0 Å². The molecule has 0 fully saturated rings. The lowest BCUT2D eigenvalue weighted by Gasteiger charge is -1.96. The van der Waals surface area contributed by atoms with Crippen molar-refractivity contribution in [1.29, 1.82) is 5.26 Å². The summed E-state index contributed by atoms with van der Waals surface area (Å²) in [6.07, 6.45) is 0. The van der Waals surface area contributed by atoms with Crippen molar-refractivity contribution in [1.82, 2.24) is 4.98 Å². The van der Waals surface area contributed by atoms with Crippen molar-refractivity contribution in [3.63, 3.8) is 0 Å². The van der Waals surface area contributed by atoms with E-state index in [2.05, 4.69) is 4.98 Å². The first-order chi connectivity index (χ1) is 5.15. The van der Waals surface area contributed by atoms with E-state index < -0.39 is 0 Å². The van der Waals surface area contributed by atoms with Gasteiger partial charge in [0.05, 0.1) is 5.02 Å². The summed E-state index contributed by atoms with van der Waals surface area (Å²) in [5.74, 6) is 0. The second-order valence-corrected chi connectivity index (χ2v) is 2.86. The van der Waals surface area contributed by atoms with Crippen LogP contribution in [0.1, 0.15) is 5.56 Å². The van der Waals surface area contributed by atoms with E-state index in [-0.39, 0.29) is 20.9 Å². The fourth-order valence-electron chi connectivity index (χ4n) is 0.557. The van der Waals surface area contributed by atoms with Crippen molar-refractivity contribution in [2.24, 2.45) is 0 Å². The molecule has 0 aliphatic heterocycles. The van der Waals surface area contributed by atoms with Gasteiger partial charge in [-0.3, -0.25) is 0 Å². The standard InChI is InChI=1S/C6HCl3N2/c7-4-1-5(8)11-6(9)3(4)2-10/h1H. The summed E-state index contributed by atoms with van der Waals surface area (Å²) < 4.78 is 0. The second-order valence-electron chi connectivity index (χ2n) is 1.70. The van der Waals surface area contributed by atoms with E-state index in [1.54, 1.807) is 6.07 Å². The predicted molar refractivity (Wildman–Crippen MR) is 44.0 cm³/mol. The molecule has 2 nitrogen and oxygen atoms in total. The minimum Gasteiger partial charge on any atom is -0.223 e. The van der Waals surface area contributed by atoms with Crippen molar-refractivity contribution < 1.29 is 0 Å². The zero-order valence-electron chi connectivity index (χ0n) is 5.11. The molecule has 0 bridgehead atoms. The molecule has 5 heteroatoms. The summed E-state index contributed by atoms with van der Waals surface area (Å²) in [6.45, 7) is 0. The topological polar surface area (TPSA) is 36.7 Å². The Morgan fingerprint density at radius 3 is 2.45 bits per heavy atom. The van der Waals surface area contributed by atoms with Crippen LogP contribution < -0.4 is 0 Å². The third-order valence-corrected chi connectivity index (χ3v) is 1.77. The number of hydrogen-bond donors (Lipinski definition) is 0. The average Bonchev–Trinajstić information content (AvgIpc) is 1.85. The van der Waals surface area contributed by atoms with Gasteiger partial charge in [0, 0.05) is 0 Å². The Hall–Kier alpha value is -0.490. The predicted octanol–water partition coefficient (Wildman–Crippen LogP) is 2.91. The molecular weight excluding hydrogens is 206 g/mol. The molecule has 0 saturated carbocycles. The number of nitrogens with zero attached hydrogens (tertiary/aromatic N) is 2. The fraction of sp³-hybridized carbons (Fsp3) is 0. The quantitative estimate of drug-likeness (QED) is 0.613. The van der Waals surface area contributed by atoms with Crippen LogP contribution in [0.25, 0.3) is 0 Å². The van der Waals surface area contributed by atoms with Gasteiger partial charge in [0.1, 0.15) is 21.9 Å². The van der Waals surface area contributed by atoms with Crippen molar-refractivity contribution in [2.75, 3.05) is 0 Å². The van der Waals surface area contributed by atoms with Crippen LogP contribution in [0.5, 0.6) is 0 Å². The van der Waals surface area contributed by atoms with Gasteiger partial charge in [-0.05, 0) is 6.07 Å². The fourth-order valence-corrected chi connectivity index (χ4v) is 1.37. The maximum absolute atomic E-state index is 8.49. The minimum atomic E-state index is 0.0324. The molecule has 1 aromatic rings. The van der Waals surface area contributed by atoms with Gasteiger partial charge in [0.2, 0.25) is 0 Å². The highest BCUT2D eigenvalue weighted by Crippen LogP contribution is 2.24. The molecule has 0 aliphatic rings. The first-order valence-corrected chi connectivity index (χ1v) is 3.70. The molecule has 0 N–H and O–H groups in total. The molecule has 11 heavy (non-hydrogen) atoms. The molecule has 0 unspecified atom stereocenters. The summed E-state index contributed by atoms with van der Waals surface area (Å²) in [4.78, 5) is 3.63. The van der Waals surface area contributed by atoms with Crippen LogP contribution in [0.3, 0.4) is 0 Å². The van der Waals surface area contributed by atoms with E-state index in [1.165, 1.54) is 6.07 Å². The highest BCUT2D eigenvalue weighted by atomic mass is 35.5. The normalized spacial score (nSPS) is 9.27. The number of hydrogen-bond acceptors (Lipinski definition) is 2. The molecule has 0 saturated heterocycles. The Balaban J connectivity index is 3.40. The van der Waals surface area contributed by atoms with Gasteiger partial charge in [-0.1, -0.05) is 34.8 Å². The molecule has 1 heterocycles. The minimum absolute atomic E-state index is 0.0324. The smallest absolute Gasteiger partial charge is 0.150 e. The van der Waals surface area contributed by atoms with Crippen LogP contribution >= 0.6 is 34.8 Å². The van der Waals surface area contributed by atoms with Gasteiger partial charge >= 0.3 is 0 Å². The van der Waals surface area contributed by atoms with Crippen LogP contribution in [0, 0.1) is 11.3 Å². The van der Waals surface area contributed by atoms with Gasteiger partial charge < -0.3 is 0 Å². The summed E-state index contributed by atoms with van der Waals surface area (Å²) in [6, 6.07) is 3.17. The van der Waals surface area contributed by atoms with Gasteiger partial charge in [0.15, 0.2) is 0 Å². The molecule has 0 aliphatic carbocycles. The zero-order valence-corrected chi connectivity index (χ0v) is 7.37. The monoisotopic (exact) mass is 206 g/mol. The van der Waals surface area contributed by atoms with E-state index >= 15 is 0 Å². The summed E-state index contributed by atoms with van der Waals surface area (Å²) >= 11 is 16.6. The molecule has 0 spiro atoms. The highest BCUT2D eigenvalue weighted by molar-refractivity contribution is 6.38. The first-order valence-electron chi connectivity index (χ1n) is 2.57. The van der Waals surface area contributed by atoms with Gasteiger partial charge in [0.25, 0.3) is 0 Å². The van der Waals surface area contributed by atoms with Crippen LogP contribution in [-0.4, -0.2) is 4.98 Å². The molecule has 1 rings (SSSR count). The molecule has 56 valence electrons. The molecule has 1 aromatic heterocycles. The lowest BCUT2D eigenvalue weighted by molar-refractivity contribution is 1.30. The van der Waals surface area contributed by atoms with Crippen LogP contribution in [0.15, 0.2) is 6.07 Å². The number of pyridine rings is 1. The lowest BCUT2D eigenvalue weighted by atomic mass is 10.3. The summed E-state index contributed by atoms with van der Waals surface area (Å²) in [7, 11) is 0. The molecule has 0 aromatic carbocycles. The largest absolute Gasteiger partial charge is 0.223 e. The van der Waals surface area contributed by atoms with E-state index in [9.17, 15) is 0 Å². The maximum atomic E-state index is 8.49.